The third kappa shape index (κ3) is 6.43. The molecular weight excluding hydrogens is 342 g/mol. The van der Waals surface area contributed by atoms with Crippen molar-refractivity contribution in [2.24, 2.45) is 5.73 Å². The predicted octanol–water partition coefficient (Wildman–Crippen LogP) is -1.63. The molecule has 5 atom stereocenters. The topological polar surface area (TPSA) is 162 Å². The molecule has 2 amide bonds. The van der Waals surface area contributed by atoms with Crippen molar-refractivity contribution >= 4 is 17.8 Å². The number of hydrogen-bond acceptors (Lipinski definition) is 6. The van der Waals surface area contributed by atoms with Crippen molar-refractivity contribution in [1.82, 2.24) is 10.6 Å². The van der Waals surface area contributed by atoms with Crippen molar-refractivity contribution in [2.75, 3.05) is 0 Å². The van der Waals surface area contributed by atoms with Gasteiger partial charge in [0, 0.05) is 0 Å². The minimum atomic E-state index is -1.57. The van der Waals surface area contributed by atoms with Crippen molar-refractivity contribution in [3.63, 3.8) is 0 Å². The Kier molecular flexibility index (Phi) is 8.17. The second-order valence-electron chi connectivity index (χ2n) is 6.09. The summed E-state index contributed by atoms with van der Waals surface area (Å²) in [5.41, 5.74) is 6.66. The first-order valence-corrected chi connectivity index (χ1v) is 8.12. The van der Waals surface area contributed by atoms with Gasteiger partial charge in [0.1, 0.15) is 6.04 Å². The molecular formula is C17H25N3O6. The average Bonchev–Trinajstić information content (AvgIpc) is 2.56. The lowest BCUT2D eigenvalue weighted by Crippen LogP contribution is -2.59. The molecule has 26 heavy (non-hydrogen) atoms. The smallest absolute Gasteiger partial charge is 0.328 e. The molecule has 7 N–H and O–H groups in total. The van der Waals surface area contributed by atoms with Crippen LogP contribution in [0, 0.1) is 0 Å². The van der Waals surface area contributed by atoms with Gasteiger partial charge in [0.05, 0.1) is 18.2 Å². The Balaban J connectivity index is 2.75. The zero-order valence-corrected chi connectivity index (χ0v) is 14.6. The van der Waals surface area contributed by atoms with E-state index in [-0.39, 0.29) is 6.42 Å². The van der Waals surface area contributed by atoms with Crippen LogP contribution >= 0.6 is 0 Å². The maximum absolute atomic E-state index is 12.2. The maximum atomic E-state index is 12.2. The van der Waals surface area contributed by atoms with Crippen LogP contribution in [0.3, 0.4) is 0 Å². The van der Waals surface area contributed by atoms with Gasteiger partial charge in [-0.2, -0.15) is 0 Å². The van der Waals surface area contributed by atoms with E-state index >= 15 is 0 Å². The van der Waals surface area contributed by atoms with Crippen molar-refractivity contribution in [1.29, 1.82) is 0 Å². The Labute approximate surface area is 151 Å². The SMILES string of the molecule is C[C@@H](O)[C@H](NC(=O)[C@@H](NC(=O)[C@@H](N)Cc1ccccc1)[C@@H](C)O)C(=O)O. The molecule has 0 aliphatic carbocycles. The molecule has 0 unspecified atom stereocenters. The largest absolute Gasteiger partial charge is 0.480 e. The highest BCUT2D eigenvalue weighted by molar-refractivity contribution is 5.92. The minimum absolute atomic E-state index is 0.228. The zero-order valence-electron chi connectivity index (χ0n) is 14.6. The molecule has 1 aromatic rings. The molecule has 1 aromatic carbocycles. The zero-order chi connectivity index (χ0) is 19.9. The molecule has 0 bridgehead atoms. The molecule has 144 valence electrons. The van der Waals surface area contributed by atoms with E-state index in [4.69, 9.17) is 10.8 Å². The van der Waals surface area contributed by atoms with Gasteiger partial charge in [-0.15, -0.1) is 0 Å². The quantitative estimate of drug-likeness (QED) is 0.305. The van der Waals surface area contributed by atoms with Crippen LogP contribution in [0.5, 0.6) is 0 Å². The van der Waals surface area contributed by atoms with Crippen LogP contribution in [0.1, 0.15) is 19.4 Å². The van der Waals surface area contributed by atoms with E-state index in [1.54, 1.807) is 24.3 Å². The van der Waals surface area contributed by atoms with Gasteiger partial charge in [-0.1, -0.05) is 30.3 Å². The number of aliphatic carboxylic acids is 1. The molecule has 9 nitrogen and oxygen atoms in total. The Hall–Kier alpha value is -2.49. The lowest BCUT2D eigenvalue weighted by molar-refractivity contribution is -0.145. The van der Waals surface area contributed by atoms with Gasteiger partial charge in [0.2, 0.25) is 11.8 Å². The molecule has 0 aliphatic heterocycles. The van der Waals surface area contributed by atoms with Crippen molar-refractivity contribution in [3.8, 4) is 0 Å². The predicted molar refractivity (Wildman–Crippen MR) is 93.0 cm³/mol. The average molecular weight is 367 g/mol. The van der Waals surface area contributed by atoms with E-state index in [0.29, 0.717) is 0 Å². The number of carboxylic acids is 1. The number of nitrogens with one attached hydrogen (secondary N) is 2. The van der Waals surface area contributed by atoms with Crippen LogP contribution in [0.2, 0.25) is 0 Å². The van der Waals surface area contributed by atoms with Gasteiger partial charge < -0.3 is 31.7 Å². The number of aliphatic hydroxyl groups is 2. The standard InChI is InChI=1S/C17H25N3O6/c1-9(21)13(16(24)20-14(10(2)22)17(25)26)19-15(23)12(18)8-11-6-4-3-5-7-11/h3-7,9-10,12-14,21-22H,8,18H2,1-2H3,(H,19,23)(H,20,24)(H,25,26)/t9-,10-,12+,13+,14+/m1/s1. The molecule has 1 rings (SSSR count). The Morgan fingerprint density at radius 2 is 1.46 bits per heavy atom. The number of benzene rings is 1. The van der Waals surface area contributed by atoms with Crippen LogP contribution < -0.4 is 16.4 Å². The van der Waals surface area contributed by atoms with E-state index in [0.717, 1.165) is 5.56 Å². The highest BCUT2D eigenvalue weighted by Gasteiger charge is 2.32. The van der Waals surface area contributed by atoms with Gasteiger partial charge in [0.15, 0.2) is 6.04 Å². The summed E-state index contributed by atoms with van der Waals surface area (Å²) >= 11 is 0. The van der Waals surface area contributed by atoms with E-state index < -0.39 is 48.1 Å². The summed E-state index contributed by atoms with van der Waals surface area (Å²) in [6.45, 7) is 2.47. The maximum Gasteiger partial charge on any atom is 0.328 e. The van der Waals surface area contributed by atoms with Gasteiger partial charge in [-0.25, -0.2) is 4.79 Å². The number of rotatable bonds is 9. The normalized spacial score (nSPS) is 16.7. The van der Waals surface area contributed by atoms with Crippen LogP contribution in [0.15, 0.2) is 30.3 Å². The molecule has 0 heterocycles. The summed E-state index contributed by atoms with van der Waals surface area (Å²) < 4.78 is 0. The first-order chi connectivity index (χ1) is 12.1. The van der Waals surface area contributed by atoms with Crippen LogP contribution in [-0.4, -0.2) is 63.4 Å². The Morgan fingerprint density at radius 3 is 1.92 bits per heavy atom. The van der Waals surface area contributed by atoms with Gasteiger partial charge in [-0.05, 0) is 25.8 Å². The number of hydrogen-bond donors (Lipinski definition) is 6. The van der Waals surface area contributed by atoms with Crippen molar-refractivity contribution < 1.29 is 29.7 Å². The summed E-state index contributed by atoms with van der Waals surface area (Å²) in [7, 11) is 0. The highest BCUT2D eigenvalue weighted by atomic mass is 16.4. The second-order valence-corrected chi connectivity index (χ2v) is 6.09. The molecule has 0 saturated carbocycles. The summed E-state index contributed by atoms with van der Waals surface area (Å²) in [6.07, 6.45) is -2.43. The number of aliphatic hydroxyl groups excluding tert-OH is 2. The first-order valence-electron chi connectivity index (χ1n) is 8.12. The summed E-state index contributed by atoms with van der Waals surface area (Å²) in [5, 5.41) is 32.6. The van der Waals surface area contributed by atoms with E-state index in [1.165, 1.54) is 13.8 Å². The molecule has 0 aromatic heterocycles. The third-order valence-corrected chi connectivity index (χ3v) is 3.74. The van der Waals surface area contributed by atoms with Crippen LogP contribution in [-0.2, 0) is 20.8 Å². The lowest BCUT2D eigenvalue weighted by Gasteiger charge is -2.25. The molecule has 9 heteroatoms. The molecule has 0 aliphatic rings. The lowest BCUT2D eigenvalue weighted by atomic mass is 10.0. The molecule has 0 spiro atoms. The van der Waals surface area contributed by atoms with E-state index in [9.17, 15) is 24.6 Å². The second kappa shape index (κ2) is 9.85. The van der Waals surface area contributed by atoms with Crippen molar-refractivity contribution in [2.45, 2.75) is 50.6 Å². The third-order valence-electron chi connectivity index (χ3n) is 3.74. The number of nitrogens with two attached hydrogens (primary N) is 1. The summed E-state index contributed by atoms with van der Waals surface area (Å²) in [4.78, 5) is 35.5. The fourth-order valence-corrected chi connectivity index (χ4v) is 2.26. The Morgan fingerprint density at radius 1 is 0.962 bits per heavy atom. The van der Waals surface area contributed by atoms with Gasteiger partial charge in [-0.3, -0.25) is 9.59 Å². The van der Waals surface area contributed by atoms with Gasteiger partial charge >= 0.3 is 5.97 Å². The summed E-state index contributed by atoms with van der Waals surface area (Å²) in [6, 6.07) is 5.08. The van der Waals surface area contributed by atoms with Gasteiger partial charge in [0.25, 0.3) is 0 Å². The highest BCUT2D eigenvalue weighted by Crippen LogP contribution is 2.04. The number of amides is 2. The van der Waals surface area contributed by atoms with E-state index in [1.807, 2.05) is 6.07 Å². The first kappa shape index (κ1) is 21.6. The van der Waals surface area contributed by atoms with E-state index in [2.05, 4.69) is 10.6 Å². The van der Waals surface area contributed by atoms with Crippen LogP contribution in [0.4, 0.5) is 0 Å². The van der Waals surface area contributed by atoms with Crippen molar-refractivity contribution in [3.05, 3.63) is 35.9 Å². The number of carbonyl (C=O) groups is 3. The summed E-state index contributed by atoms with van der Waals surface area (Å²) in [5.74, 6) is -3.04. The number of carboxylic acid groups (broad SMARTS) is 1. The van der Waals surface area contributed by atoms with Crippen LogP contribution in [0.25, 0.3) is 0 Å². The fourth-order valence-electron chi connectivity index (χ4n) is 2.26. The minimum Gasteiger partial charge on any atom is -0.480 e. The Bertz CT molecular complexity index is 620. The monoisotopic (exact) mass is 367 g/mol. The molecule has 0 saturated heterocycles. The number of carbonyl (C=O) groups excluding carboxylic acids is 2. The molecule has 0 radical (unpaired) electrons. The molecule has 0 fully saturated rings. The fraction of sp³-hybridized carbons (Fsp3) is 0.471.